The van der Waals surface area contributed by atoms with Gasteiger partial charge in [-0.1, -0.05) is 24.3 Å². The minimum Gasteiger partial charge on any atom is -0.494 e. The first-order valence-electron chi connectivity index (χ1n) is 7.27. The molecule has 0 spiro atoms. The highest BCUT2D eigenvalue weighted by atomic mass is 32.2. The van der Waals surface area contributed by atoms with E-state index in [4.69, 9.17) is 15.0 Å². The van der Waals surface area contributed by atoms with Crippen molar-refractivity contribution in [2.24, 2.45) is 0 Å². The third-order valence-electron chi connectivity index (χ3n) is 3.68. The zero-order valence-electron chi connectivity index (χ0n) is 13.0. The molecule has 1 heterocycles. The number of nitriles is 1. The van der Waals surface area contributed by atoms with Crippen LogP contribution in [0.4, 0.5) is 0 Å². The smallest absolute Gasteiger partial charge is 0.145 e. The van der Waals surface area contributed by atoms with E-state index in [-0.39, 0.29) is 0 Å². The fraction of sp³-hybridized carbons (Fsp3) is 0.158. The van der Waals surface area contributed by atoms with Crippen molar-refractivity contribution >= 4 is 22.7 Å². The van der Waals surface area contributed by atoms with Gasteiger partial charge in [-0.25, -0.2) is 4.98 Å². The number of aryl methyl sites for hydroxylation is 1. The molecule has 1 aromatic heterocycles. The van der Waals surface area contributed by atoms with E-state index in [1.54, 1.807) is 18.9 Å². The quantitative estimate of drug-likeness (QED) is 0.653. The highest BCUT2D eigenvalue weighted by Crippen LogP contribution is 2.30. The van der Waals surface area contributed by atoms with Gasteiger partial charge in [0.1, 0.15) is 11.3 Å². The van der Waals surface area contributed by atoms with Crippen LogP contribution in [0, 0.1) is 18.3 Å². The van der Waals surface area contributed by atoms with Crippen molar-refractivity contribution in [1.82, 2.24) is 4.98 Å². The second kappa shape index (κ2) is 6.72. The van der Waals surface area contributed by atoms with Crippen molar-refractivity contribution in [3.63, 3.8) is 0 Å². The molecule has 23 heavy (non-hydrogen) atoms. The summed E-state index contributed by atoms with van der Waals surface area (Å²) in [6.07, 6.45) is 0. The van der Waals surface area contributed by atoms with Crippen LogP contribution in [0.5, 0.6) is 5.75 Å². The van der Waals surface area contributed by atoms with E-state index in [0.717, 1.165) is 27.4 Å². The molecule has 0 aliphatic heterocycles. The number of rotatable bonds is 4. The average Bonchev–Trinajstić information content (AvgIpc) is 2.60. The van der Waals surface area contributed by atoms with E-state index in [2.05, 4.69) is 25.1 Å². The number of methoxy groups -OCH3 is 1. The molecule has 114 valence electrons. The second-order valence-corrected chi connectivity index (χ2v) is 6.23. The number of aromatic nitrogens is 1. The topological polar surface area (TPSA) is 45.9 Å². The Bertz CT molecular complexity index is 882. The fourth-order valence-corrected chi connectivity index (χ4v) is 3.36. The highest BCUT2D eigenvalue weighted by Gasteiger charge is 2.08. The molecule has 0 unspecified atom stereocenters. The number of pyridine rings is 1. The molecule has 0 amide bonds. The lowest BCUT2D eigenvalue weighted by atomic mass is 10.1. The van der Waals surface area contributed by atoms with Crippen molar-refractivity contribution < 1.29 is 4.74 Å². The molecule has 0 saturated heterocycles. The van der Waals surface area contributed by atoms with E-state index in [9.17, 15) is 0 Å². The summed E-state index contributed by atoms with van der Waals surface area (Å²) in [6, 6.07) is 17.9. The van der Waals surface area contributed by atoms with Gasteiger partial charge < -0.3 is 4.74 Å². The predicted octanol–water partition coefficient (Wildman–Crippen LogP) is 4.72. The third-order valence-corrected chi connectivity index (χ3v) is 4.66. The Morgan fingerprint density at radius 3 is 2.65 bits per heavy atom. The van der Waals surface area contributed by atoms with Crippen LogP contribution in [-0.4, -0.2) is 12.1 Å². The molecule has 0 saturated carbocycles. The summed E-state index contributed by atoms with van der Waals surface area (Å²) in [5.74, 6) is 1.62. The summed E-state index contributed by atoms with van der Waals surface area (Å²) in [6.45, 7) is 2.09. The maximum absolute atomic E-state index is 8.84. The van der Waals surface area contributed by atoms with E-state index < -0.39 is 0 Å². The van der Waals surface area contributed by atoms with Crippen molar-refractivity contribution in [2.75, 3.05) is 7.11 Å². The largest absolute Gasteiger partial charge is 0.494 e. The van der Waals surface area contributed by atoms with Crippen molar-refractivity contribution in [3.8, 4) is 11.8 Å². The molecule has 3 aromatic rings. The first-order chi connectivity index (χ1) is 11.2. The van der Waals surface area contributed by atoms with Gasteiger partial charge in [0.05, 0.1) is 23.8 Å². The molecule has 3 rings (SSSR count). The Morgan fingerprint density at radius 1 is 1.17 bits per heavy atom. The van der Waals surface area contributed by atoms with Gasteiger partial charge in [0.2, 0.25) is 0 Å². The minimum atomic E-state index is 0.683. The van der Waals surface area contributed by atoms with Crippen LogP contribution in [0.2, 0.25) is 0 Å². The molecule has 0 fully saturated rings. The maximum Gasteiger partial charge on any atom is 0.145 e. The van der Waals surface area contributed by atoms with E-state index in [1.165, 1.54) is 11.1 Å². The van der Waals surface area contributed by atoms with Gasteiger partial charge in [-0.2, -0.15) is 5.26 Å². The summed E-state index contributed by atoms with van der Waals surface area (Å²) in [7, 11) is 1.67. The lowest BCUT2D eigenvalue weighted by molar-refractivity contribution is 0.418. The molecule has 0 N–H and O–H groups in total. The Labute approximate surface area is 139 Å². The van der Waals surface area contributed by atoms with E-state index in [0.29, 0.717) is 5.56 Å². The molecule has 0 aliphatic carbocycles. The number of thioether (sulfide) groups is 1. The Kier molecular flexibility index (Phi) is 4.50. The number of fused-ring (bicyclic) bond motifs is 1. The number of benzene rings is 2. The number of hydrogen-bond donors (Lipinski definition) is 0. The van der Waals surface area contributed by atoms with Crippen LogP contribution in [0.25, 0.3) is 10.9 Å². The highest BCUT2D eigenvalue weighted by molar-refractivity contribution is 7.98. The fourth-order valence-electron chi connectivity index (χ4n) is 2.43. The summed E-state index contributed by atoms with van der Waals surface area (Å²) >= 11 is 1.69. The zero-order chi connectivity index (χ0) is 16.2. The second-order valence-electron chi connectivity index (χ2n) is 5.23. The van der Waals surface area contributed by atoms with Gasteiger partial charge in [-0.3, -0.25) is 0 Å². The van der Waals surface area contributed by atoms with Crippen molar-refractivity contribution in [3.05, 3.63) is 65.2 Å². The molecular formula is C19H16N2OS. The molecule has 0 radical (unpaired) electrons. The summed E-state index contributed by atoms with van der Waals surface area (Å²) < 4.78 is 5.42. The molecule has 0 atom stereocenters. The normalized spacial score (nSPS) is 10.5. The summed E-state index contributed by atoms with van der Waals surface area (Å²) in [4.78, 5) is 4.74. The van der Waals surface area contributed by atoms with Crippen LogP contribution in [0.1, 0.15) is 16.7 Å². The molecular weight excluding hydrogens is 304 g/mol. The van der Waals surface area contributed by atoms with E-state index in [1.807, 2.05) is 36.4 Å². The number of nitrogens with zero attached hydrogens (tertiary/aromatic N) is 2. The van der Waals surface area contributed by atoms with Gasteiger partial charge in [0.25, 0.3) is 0 Å². The van der Waals surface area contributed by atoms with Gasteiger partial charge in [0, 0.05) is 11.1 Å². The van der Waals surface area contributed by atoms with Gasteiger partial charge in [-0.05, 0) is 42.3 Å². The standard InChI is InChI=1S/C19H16N2OS/c1-13-10-18(21-19-16(13)4-3-5-17(19)22-2)23-12-15-8-6-14(11-20)7-9-15/h3-10H,12H2,1-2H3. The first-order valence-corrected chi connectivity index (χ1v) is 8.26. The number of para-hydroxylation sites is 1. The molecule has 4 heteroatoms. The van der Waals surface area contributed by atoms with Crippen LogP contribution in [0.15, 0.2) is 53.6 Å². The van der Waals surface area contributed by atoms with Crippen LogP contribution < -0.4 is 4.74 Å². The van der Waals surface area contributed by atoms with Gasteiger partial charge in [-0.15, -0.1) is 11.8 Å². The van der Waals surface area contributed by atoms with Crippen LogP contribution >= 0.6 is 11.8 Å². The molecule has 0 aliphatic rings. The Balaban J connectivity index is 1.86. The Morgan fingerprint density at radius 2 is 1.96 bits per heavy atom. The van der Waals surface area contributed by atoms with Gasteiger partial charge in [0.15, 0.2) is 0 Å². The third kappa shape index (κ3) is 3.30. The molecule has 0 bridgehead atoms. The van der Waals surface area contributed by atoms with Crippen molar-refractivity contribution in [1.29, 1.82) is 5.26 Å². The number of hydrogen-bond acceptors (Lipinski definition) is 4. The van der Waals surface area contributed by atoms with E-state index >= 15 is 0 Å². The summed E-state index contributed by atoms with van der Waals surface area (Å²) in [5, 5.41) is 10.9. The Hall–Kier alpha value is -2.51. The van der Waals surface area contributed by atoms with Crippen LogP contribution in [-0.2, 0) is 5.75 Å². The lowest BCUT2D eigenvalue weighted by Crippen LogP contribution is -1.92. The van der Waals surface area contributed by atoms with Gasteiger partial charge >= 0.3 is 0 Å². The monoisotopic (exact) mass is 320 g/mol. The average molecular weight is 320 g/mol. The lowest BCUT2D eigenvalue weighted by Gasteiger charge is -2.09. The summed E-state index contributed by atoms with van der Waals surface area (Å²) in [5.41, 5.74) is 3.95. The first kappa shape index (κ1) is 15.4. The SMILES string of the molecule is COc1cccc2c(C)cc(SCc3ccc(C#N)cc3)nc12. The minimum absolute atomic E-state index is 0.683. The zero-order valence-corrected chi connectivity index (χ0v) is 13.9. The van der Waals surface area contributed by atoms with Crippen molar-refractivity contribution in [2.45, 2.75) is 17.7 Å². The predicted molar refractivity (Wildman–Crippen MR) is 93.8 cm³/mol. The van der Waals surface area contributed by atoms with Crippen LogP contribution in [0.3, 0.4) is 0 Å². The molecule has 3 nitrogen and oxygen atoms in total. The maximum atomic E-state index is 8.84. The molecule has 2 aromatic carbocycles. The number of ether oxygens (including phenoxy) is 1.